The first-order valence-electron chi connectivity index (χ1n) is 8.18. The third kappa shape index (κ3) is 4.36. The summed E-state index contributed by atoms with van der Waals surface area (Å²) in [7, 11) is 4.92. The van der Waals surface area contributed by atoms with E-state index in [1.165, 1.54) is 4.90 Å². The maximum absolute atomic E-state index is 13.2. The lowest BCUT2D eigenvalue weighted by Crippen LogP contribution is -2.23. The first kappa shape index (κ1) is 18.7. The summed E-state index contributed by atoms with van der Waals surface area (Å²) in [6.07, 6.45) is -1.04. The maximum Gasteiger partial charge on any atom is 0.433 e. The molecule has 0 saturated heterocycles. The minimum Gasteiger partial charge on any atom is -0.363 e. The monoisotopic (exact) mass is 376 g/mol. The van der Waals surface area contributed by atoms with E-state index in [1.807, 2.05) is 36.5 Å². The number of aromatic nitrogens is 4. The molecule has 0 aliphatic carbocycles. The second kappa shape index (κ2) is 7.26. The Morgan fingerprint density at radius 3 is 2.37 bits per heavy atom. The lowest BCUT2D eigenvalue weighted by Gasteiger charge is -2.20. The van der Waals surface area contributed by atoms with Gasteiger partial charge in [-0.15, -0.1) is 0 Å². The van der Waals surface area contributed by atoms with Gasteiger partial charge in [0.2, 0.25) is 5.95 Å². The number of rotatable bonds is 5. The molecule has 3 aromatic rings. The number of nitrogens with zero attached hydrogens (tertiary/aromatic N) is 6. The van der Waals surface area contributed by atoms with Crippen molar-refractivity contribution in [2.24, 2.45) is 0 Å². The Bertz CT molecular complexity index is 905. The SMILES string of the molecule is CN(C)c1cc(C(F)(F)F)nc(N(C)Cc2cnn(-c3ccccc3)c2)n1. The van der Waals surface area contributed by atoms with E-state index in [0.717, 1.165) is 17.3 Å². The molecule has 0 fully saturated rings. The molecule has 3 rings (SSSR count). The van der Waals surface area contributed by atoms with Crippen LogP contribution in [-0.4, -0.2) is 40.9 Å². The van der Waals surface area contributed by atoms with Gasteiger partial charge < -0.3 is 9.80 Å². The molecule has 0 aliphatic heterocycles. The number of alkyl halides is 3. The summed E-state index contributed by atoms with van der Waals surface area (Å²) in [5.74, 6) is 0.195. The highest BCUT2D eigenvalue weighted by molar-refractivity contribution is 5.45. The van der Waals surface area contributed by atoms with Gasteiger partial charge >= 0.3 is 6.18 Å². The Hall–Kier alpha value is -3.10. The third-order valence-electron chi connectivity index (χ3n) is 3.87. The van der Waals surface area contributed by atoms with E-state index in [0.29, 0.717) is 6.54 Å². The van der Waals surface area contributed by atoms with E-state index in [4.69, 9.17) is 0 Å². The number of hydrogen-bond acceptors (Lipinski definition) is 5. The van der Waals surface area contributed by atoms with Gasteiger partial charge in [-0.2, -0.15) is 23.3 Å². The summed E-state index contributed by atoms with van der Waals surface area (Å²) in [6.45, 7) is 0.320. The highest BCUT2D eigenvalue weighted by Gasteiger charge is 2.34. The fourth-order valence-corrected chi connectivity index (χ4v) is 2.48. The van der Waals surface area contributed by atoms with Gasteiger partial charge in [0.15, 0.2) is 5.69 Å². The molecule has 1 aromatic carbocycles. The molecule has 0 unspecified atom stereocenters. The molecular weight excluding hydrogens is 357 g/mol. The summed E-state index contributed by atoms with van der Waals surface area (Å²) in [5.41, 5.74) is 0.758. The van der Waals surface area contributed by atoms with Crippen LogP contribution in [0.5, 0.6) is 0 Å². The number of para-hydroxylation sites is 1. The maximum atomic E-state index is 13.2. The quantitative estimate of drug-likeness (QED) is 0.683. The largest absolute Gasteiger partial charge is 0.433 e. The first-order valence-corrected chi connectivity index (χ1v) is 8.18. The van der Waals surface area contributed by atoms with E-state index in [2.05, 4.69) is 15.1 Å². The van der Waals surface area contributed by atoms with Crippen molar-refractivity contribution >= 4 is 11.8 Å². The highest BCUT2D eigenvalue weighted by Crippen LogP contribution is 2.31. The third-order valence-corrected chi connectivity index (χ3v) is 3.87. The minimum absolute atomic E-state index is 0.000913. The molecule has 0 spiro atoms. The van der Waals surface area contributed by atoms with Crippen LogP contribution in [0, 0.1) is 0 Å². The standard InChI is InChI=1S/C18H19F3N6/c1-25(2)16-9-15(18(19,20)21)23-17(24-16)26(3)11-13-10-22-27(12-13)14-7-5-4-6-8-14/h4-10,12H,11H2,1-3H3. The lowest BCUT2D eigenvalue weighted by molar-refractivity contribution is -0.141. The highest BCUT2D eigenvalue weighted by atomic mass is 19.4. The predicted octanol–water partition coefficient (Wildman–Crippen LogP) is 3.38. The van der Waals surface area contributed by atoms with Gasteiger partial charge in [0.05, 0.1) is 11.9 Å². The van der Waals surface area contributed by atoms with Crippen LogP contribution < -0.4 is 9.80 Å². The van der Waals surface area contributed by atoms with E-state index in [-0.39, 0.29) is 11.8 Å². The second-order valence-electron chi connectivity index (χ2n) is 6.29. The Morgan fingerprint density at radius 1 is 1.04 bits per heavy atom. The van der Waals surface area contributed by atoms with Gasteiger partial charge in [0.1, 0.15) is 5.82 Å². The van der Waals surface area contributed by atoms with Crippen LogP contribution in [0.1, 0.15) is 11.3 Å². The summed E-state index contributed by atoms with van der Waals surface area (Å²) in [6, 6.07) is 10.5. The minimum atomic E-state index is -4.54. The molecule has 0 saturated carbocycles. The summed E-state index contributed by atoms with van der Waals surface area (Å²) >= 11 is 0. The molecule has 6 nitrogen and oxygen atoms in total. The number of halogens is 3. The van der Waals surface area contributed by atoms with Gasteiger partial charge in [0.25, 0.3) is 0 Å². The summed E-state index contributed by atoms with van der Waals surface area (Å²) in [4.78, 5) is 11.0. The van der Waals surface area contributed by atoms with Gasteiger partial charge in [-0.1, -0.05) is 18.2 Å². The van der Waals surface area contributed by atoms with Crippen molar-refractivity contribution in [3.63, 3.8) is 0 Å². The zero-order valence-corrected chi connectivity index (χ0v) is 15.1. The molecule has 0 radical (unpaired) electrons. The summed E-state index contributed by atoms with van der Waals surface area (Å²) in [5, 5.41) is 4.30. The molecule has 27 heavy (non-hydrogen) atoms. The molecule has 2 aromatic heterocycles. The van der Waals surface area contributed by atoms with Crippen molar-refractivity contribution in [3.05, 3.63) is 60.0 Å². The Kier molecular flexibility index (Phi) is 5.02. The van der Waals surface area contributed by atoms with Gasteiger partial charge in [0, 0.05) is 45.5 Å². The molecule has 0 bridgehead atoms. The Labute approximate surface area is 154 Å². The van der Waals surface area contributed by atoms with Crippen molar-refractivity contribution < 1.29 is 13.2 Å². The number of anilines is 2. The van der Waals surface area contributed by atoms with E-state index in [1.54, 1.807) is 36.9 Å². The van der Waals surface area contributed by atoms with Crippen molar-refractivity contribution in [1.29, 1.82) is 0 Å². The van der Waals surface area contributed by atoms with Crippen LogP contribution in [0.3, 0.4) is 0 Å². The zero-order chi connectivity index (χ0) is 19.6. The molecule has 0 N–H and O–H groups in total. The molecule has 9 heteroatoms. The van der Waals surface area contributed by atoms with Crippen LogP contribution in [0.25, 0.3) is 5.69 Å². The van der Waals surface area contributed by atoms with Crippen LogP contribution in [0.2, 0.25) is 0 Å². The molecule has 142 valence electrons. The normalized spacial score (nSPS) is 11.5. The smallest absolute Gasteiger partial charge is 0.363 e. The second-order valence-corrected chi connectivity index (χ2v) is 6.29. The topological polar surface area (TPSA) is 50.1 Å². The predicted molar refractivity (Wildman–Crippen MR) is 97.0 cm³/mol. The lowest BCUT2D eigenvalue weighted by atomic mass is 10.3. The first-order chi connectivity index (χ1) is 12.7. The van der Waals surface area contributed by atoms with Crippen LogP contribution in [0.4, 0.5) is 24.9 Å². The van der Waals surface area contributed by atoms with Crippen molar-refractivity contribution in [3.8, 4) is 5.69 Å². The fraction of sp³-hybridized carbons (Fsp3) is 0.278. The molecular formula is C18H19F3N6. The molecule has 0 amide bonds. The average molecular weight is 376 g/mol. The van der Waals surface area contributed by atoms with Crippen LogP contribution in [-0.2, 0) is 12.7 Å². The molecule has 0 aliphatic rings. The van der Waals surface area contributed by atoms with E-state index in [9.17, 15) is 13.2 Å². The Morgan fingerprint density at radius 2 is 1.74 bits per heavy atom. The van der Waals surface area contributed by atoms with Gasteiger partial charge in [-0.25, -0.2) is 9.67 Å². The molecule has 0 atom stereocenters. The zero-order valence-electron chi connectivity index (χ0n) is 15.1. The van der Waals surface area contributed by atoms with E-state index < -0.39 is 11.9 Å². The van der Waals surface area contributed by atoms with Crippen molar-refractivity contribution in [2.75, 3.05) is 30.9 Å². The van der Waals surface area contributed by atoms with Crippen molar-refractivity contribution in [1.82, 2.24) is 19.7 Å². The van der Waals surface area contributed by atoms with Gasteiger partial charge in [-0.3, -0.25) is 0 Å². The van der Waals surface area contributed by atoms with E-state index >= 15 is 0 Å². The van der Waals surface area contributed by atoms with Crippen LogP contribution in [0.15, 0.2) is 48.8 Å². The number of hydrogen-bond donors (Lipinski definition) is 0. The summed E-state index contributed by atoms with van der Waals surface area (Å²) < 4.78 is 41.2. The van der Waals surface area contributed by atoms with Gasteiger partial charge in [-0.05, 0) is 12.1 Å². The average Bonchev–Trinajstić information content (AvgIpc) is 3.09. The fourth-order valence-electron chi connectivity index (χ4n) is 2.48. The molecule has 2 heterocycles. The van der Waals surface area contributed by atoms with Crippen LogP contribution >= 0.6 is 0 Å². The number of benzene rings is 1. The van der Waals surface area contributed by atoms with Crippen molar-refractivity contribution in [2.45, 2.75) is 12.7 Å². The Balaban J connectivity index is 1.85.